The molecular weight excluding hydrogens is 1560 g/mol. The maximum Gasteiger partial charge on any atom is 0.0159 e. The van der Waals surface area contributed by atoms with Gasteiger partial charge >= 0.3 is 0 Å². The van der Waals surface area contributed by atoms with Crippen LogP contribution in [0.5, 0.6) is 0 Å². The lowest BCUT2D eigenvalue weighted by atomic mass is 9.66. The second-order valence-corrected chi connectivity index (χ2v) is 42.3. The molecule has 30 rings (SSSR count). The van der Waals surface area contributed by atoms with Crippen molar-refractivity contribution >= 4 is 43.1 Å². The molecule has 0 heteroatoms. The third kappa shape index (κ3) is 9.08. The van der Waals surface area contributed by atoms with Gasteiger partial charge in [-0.25, -0.2) is 0 Å². The Kier molecular flexibility index (Phi) is 13.8. The summed E-state index contributed by atoms with van der Waals surface area (Å²) in [4.78, 5) is 0. The molecule has 0 nitrogen and oxygen atoms in total. The van der Waals surface area contributed by atoms with E-state index in [0.717, 1.165) is 0 Å². The van der Waals surface area contributed by atoms with Gasteiger partial charge in [0, 0.05) is 32.5 Å². The first-order chi connectivity index (χ1) is 63.0. The Labute approximate surface area is 760 Å². The summed E-state index contributed by atoms with van der Waals surface area (Å²) in [6, 6.07) is 132. The summed E-state index contributed by atoms with van der Waals surface area (Å²) in [5.41, 5.74) is 64.8. The van der Waals surface area contributed by atoms with Gasteiger partial charge in [0.05, 0.1) is 0 Å². The van der Waals surface area contributed by atoms with Crippen LogP contribution in [0.1, 0.15) is 150 Å². The van der Waals surface area contributed by atoms with E-state index in [9.17, 15) is 0 Å². The fourth-order valence-electron chi connectivity index (χ4n) is 27.3. The number of benzene rings is 20. The molecular formula is C130H92. The highest BCUT2D eigenvalue weighted by Gasteiger charge is 2.48. The van der Waals surface area contributed by atoms with Gasteiger partial charge in [-0.05, 0) is 383 Å². The molecule has 0 saturated carbocycles. The number of hydrogen-bond acceptors (Lipinski definition) is 0. The van der Waals surface area contributed by atoms with Crippen LogP contribution in [0, 0.1) is 0 Å². The highest BCUT2D eigenvalue weighted by atomic mass is 14.5. The van der Waals surface area contributed by atoms with Crippen molar-refractivity contribution in [3.05, 3.63) is 406 Å². The molecule has 0 aromatic heterocycles. The summed E-state index contributed by atoms with van der Waals surface area (Å²) >= 11 is 0. The molecule has 0 spiro atoms. The molecule has 612 valence electrons. The fraction of sp³-hybridized carbons (Fsp3) is 0.138. The molecule has 130 heavy (non-hydrogen) atoms. The largest absolute Gasteiger partial charge is 0.0622 e. The van der Waals surface area contributed by atoms with Crippen molar-refractivity contribution < 1.29 is 0 Å². The van der Waals surface area contributed by atoms with Crippen molar-refractivity contribution in [1.29, 1.82) is 0 Å². The van der Waals surface area contributed by atoms with Crippen LogP contribution in [0.4, 0.5) is 0 Å². The lowest BCUT2D eigenvalue weighted by Crippen LogP contribution is -2.24. The van der Waals surface area contributed by atoms with E-state index in [2.05, 4.69) is 423 Å². The van der Waals surface area contributed by atoms with E-state index in [-0.39, 0.29) is 32.5 Å². The Morgan fingerprint density at radius 1 is 0.115 bits per heavy atom. The van der Waals surface area contributed by atoms with Crippen LogP contribution in [0.3, 0.4) is 0 Å². The molecule has 20 aromatic carbocycles. The Bertz CT molecular complexity index is 8790. The monoisotopic (exact) mass is 1650 g/mol. The zero-order chi connectivity index (χ0) is 86.9. The molecule has 0 amide bonds. The first-order valence-electron chi connectivity index (χ1n) is 47.0. The van der Waals surface area contributed by atoms with Gasteiger partial charge in [-0.15, -0.1) is 0 Å². The molecule has 0 saturated heterocycles. The standard InChI is InChI=1S/C74H54.C56H38/c1-71(2)59-18-11-9-14-45(59)47-26-22-41(34-62(47)71)39-20-24-43-50-28-29-52-56-36-65-58(38-64(56)73(5,6)61-31-30-51(54(43)32-39)69(50)70(52)61)68-53-17-13-16-49-55-33-40(21-25-44(55)57(67(49)53)37-66(68)74(65,7)8)42-23-27-48-46-15-10-12-19-60(46)72(3,4)63(48)35-42;1-55(2)47-25-24-39-42-26-33(31-12-7-5-8-13-31)18-20-35(42)38-22-23-40(54(47)53(38)39)44-28-49-46(30-48(44)55)52-41-17-11-16-37-43-27-34(32-14-9-6-10-15-32)19-21-36(43)45(51(37)41)29-50(52)56(49,3)4/h9-38H,1-8H3;5-30H,1-4H3. The zero-order valence-corrected chi connectivity index (χ0v) is 75.3. The minimum Gasteiger partial charge on any atom is -0.0622 e. The van der Waals surface area contributed by atoms with Crippen LogP contribution in [-0.4, -0.2) is 0 Å². The van der Waals surface area contributed by atoms with Crippen molar-refractivity contribution in [3.8, 4) is 200 Å². The van der Waals surface area contributed by atoms with Gasteiger partial charge in [-0.3, -0.25) is 0 Å². The van der Waals surface area contributed by atoms with Crippen LogP contribution < -0.4 is 0 Å². The molecule has 0 N–H and O–H groups in total. The van der Waals surface area contributed by atoms with Gasteiger partial charge in [0.2, 0.25) is 0 Å². The lowest BCUT2D eigenvalue weighted by molar-refractivity contribution is 0.639. The Hall–Kier alpha value is -14.6. The second kappa shape index (κ2) is 24.4. The summed E-state index contributed by atoms with van der Waals surface area (Å²) in [5, 5.41) is 11.2. The number of rotatable bonds is 4. The van der Waals surface area contributed by atoms with Crippen LogP contribution >= 0.6 is 0 Å². The Morgan fingerprint density at radius 3 is 0.754 bits per heavy atom. The van der Waals surface area contributed by atoms with Crippen molar-refractivity contribution in [1.82, 2.24) is 0 Å². The molecule has 0 radical (unpaired) electrons. The predicted molar refractivity (Wildman–Crippen MR) is 548 cm³/mol. The third-order valence-corrected chi connectivity index (χ3v) is 33.9. The summed E-state index contributed by atoms with van der Waals surface area (Å²) in [6.07, 6.45) is 0. The van der Waals surface area contributed by atoms with Gasteiger partial charge in [0.15, 0.2) is 0 Å². The molecule has 0 atom stereocenters. The van der Waals surface area contributed by atoms with Crippen molar-refractivity contribution in [2.24, 2.45) is 0 Å². The van der Waals surface area contributed by atoms with Gasteiger partial charge in [-0.2, -0.15) is 0 Å². The van der Waals surface area contributed by atoms with Gasteiger partial charge in [-0.1, -0.05) is 350 Å². The maximum atomic E-state index is 2.62. The summed E-state index contributed by atoms with van der Waals surface area (Å²) < 4.78 is 0. The van der Waals surface area contributed by atoms with E-state index < -0.39 is 0 Å². The predicted octanol–water partition coefficient (Wildman–Crippen LogP) is 35.1. The highest BCUT2D eigenvalue weighted by molar-refractivity contribution is 6.26. The Balaban J connectivity index is 0.000000133. The fourth-order valence-corrected chi connectivity index (χ4v) is 27.3. The van der Waals surface area contributed by atoms with E-state index in [1.54, 1.807) is 0 Å². The third-order valence-electron chi connectivity index (χ3n) is 33.9. The van der Waals surface area contributed by atoms with Crippen LogP contribution in [0.25, 0.3) is 243 Å². The van der Waals surface area contributed by atoms with Crippen molar-refractivity contribution in [3.63, 3.8) is 0 Å². The molecule has 0 unspecified atom stereocenters. The molecule has 10 aliphatic rings. The van der Waals surface area contributed by atoms with Gasteiger partial charge in [0.1, 0.15) is 0 Å². The first-order valence-corrected chi connectivity index (χ1v) is 47.0. The van der Waals surface area contributed by atoms with Crippen LogP contribution in [0.15, 0.2) is 340 Å². The first kappa shape index (κ1) is 73.5. The summed E-state index contributed by atoms with van der Waals surface area (Å²) in [5.74, 6) is 0. The van der Waals surface area contributed by atoms with Gasteiger partial charge < -0.3 is 0 Å². The highest BCUT2D eigenvalue weighted by Crippen LogP contribution is 2.67. The molecule has 0 fully saturated rings. The normalized spacial score (nSPS) is 15.9. The lowest BCUT2D eigenvalue weighted by Gasteiger charge is -2.36. The molecule has 10 aliphatic carbocycles. The summed E-state index contributed by atoms with van der Waals surface area (Å²) in [6.45, 7) is 29.2. The minimum atomic E-state index is -0.215. The van der Waals surface area contributed by atoms with Crippen LogP contribution in [0.2, 0.25) is 0 Å². The van der Waals surface area contributed by atoms with Gasteiger partial charge in [0.25, 0.3) is 0 Å². The molecule has 20 aromatic rings. The van der Waals surface area contributed by atoms with E-state index in [1.807, 2.05) is 0 Å². The van der Waals surface area contributed by atoms with Crippen LogP contribution in [-0.2, 0) is 32.5 Å². The summed E-state index contributed by atoms with van der Waals surface area (Å²) in [7, 11) is 0. The SMILES string of the molecule is CC1(C)c2cc3c(cc2-c2c1cc1c4c(cccc24)-c2cc(-c4ccccc4)ccc2-1)C(C)(C)c1ccc2c4c(ccc-3c14)-c1ccc(-c3ccccc3)cc1-2.CC1(C)c2ccccc2-c2ccc(-c3ccc4c(c3)-c3cccc5c6c(cc-4c35)C(C)(C)c3cc4c(cc3-6)C(C)(C)c3ccc5c6c(ccc-4c36)-c3ccc(-c4ccc6c(c4)C(C)(C)c4ccccc4-6)cc3-5)cc21. The van der Waals surface area contributed by atoms with E-state index >= 15 is 0 Å². The number of hydrogen-bond donors (Lipinski definition) is 0. The Morgan fingerprint density at radius 2 is 0.362 bits per heavy atom. The second-order valence-electron chi connectivity index (χ2n) is 42.3. The molecule has 0 heterocycles. The average Bonchev–Trinajstić information content (AvgIpc) is 1.70. The minimum absolute atomic E-state index is 0.0369. The zero-order valence-electron chi connectivity index (χ0n) is 75.3. The molecule has 0 bridgehead atoms. The smallest absolute Gasteiger partial charge is 0.0159 e. The van der Waals surface area contributed by atoms with Crippen molar-refractivity contribution in [2.45, 2.75) is 116 Å². The maximum absolute atomic E-state index is 2.62. The molecule has 0 aliphatic heterocycles. The van der Waals surface area contributed by atoms with E-state index in [0.29, 0.717) is 0 Å². The van der Waals surface area contributed by atoms with Crippen molar-refractivity contribution in [2.75, 3.05) is 0 Å². The average molecular weight is 1650 g/mol. The topological polar surface area (TPSA) is 0 Å². The van der Waals surface area contributed by atoms with E-state index in [1.165, 1.54) is 310 Å². The van der Waals surface area contributed by atoms with E-state index in [4.69, 9.17) is 0 Å². The quantitative estimate of drug-likeness (QED) is 0.165. The number of fused-ring (bicyclic) bond motifs is 30.